The minimum atomic E-state index is -0.0149. The molecular weight excluding hydrogens is 202 g/mol. The number of aromatic nitrogens is 1. The normalized spacial score (nSPS) is 14.6. The molecule has 0 saturated carbocycles. The highest BCUT2D eigenvalue weighted by Gasteiger charge is 2.16. The SMILES string of the molecule is CC(C(=O)Nn1c(C)ccc1C)=C1CNC1. The summed E-state index contributed by atoms with van der Waals surface area (Å²) in [4.78, 5) is 11.9. The van der Waals surface area contributed by atoms with Gasteiger partial charge in [0.15, 0.2) is 0 Å². The first kappa shape index (κ1) is 11.0. The van der Waals surface area contributed by atoms with Crippen LogP contribution in [0.15, 0.2) is 23.3 Å². The van der Waals surface area contributed by atoms with Gasteiger partial charge in [-0.2, -0.15) is 0 Å². The van der Waals surface area contributed by atoms with Crippen molar-refractivity contribution < 1.29 is 4.79 Å². The van der Waals surface area contributed by atoms with Crippen LogP contribution in [0, 0.1) is 13.8 Å². The summed E-state index contributed by atoms with van der Waals surface area (Å²) < 4.78 is 1.82. The number of amides is 1. The Morgan fingerprint density at radius 2 is 1.88 bits per heavy atom. The van der Waals surface area contributed by atoms with Gasteiger partial charge in [-0.15, -0.1) is 0 Å². The molecule has 0 radical (unpaired) electrons. The van der Waals surface area contributed by atoms with Gasteiger partial charge in [-0.1, -0.05) is 0 Å². The van der Waals surface area contributed by atoms with E-state index in [1.165, 1.54) is 5.57 Å². The number of nitrogens with one attached hydrogen (secondary N) is 2. The summed E-state index contributed by atoms with van der Waals surface area (Å²) in [6.45, 7) is 7.49. The molecule has 4 nitrogen and oxygen atoms in total. The zero-order chi connectivity index (χ0) is 11.7. The van der Waals surface area contributed by atoms with Crippen LogP contribution < -0.4 is 10.7 Å². The molecule has 2 rings (SSSR count). The quantitative estimate of drug-likeness (QED) is 0.732. The zero-order valence-electron chi connectivity index (χ0n) is 9.92. The third-order valence-electron chi connectivity index (χ3n) is 3.03. The fourth-order valence-corrected chi connectivity index (χ4v) is 1.71. The number of aryl methyl sites for hydroxylation is 2. The van der Waals surface area contributed by atoms with Crippen molar-refractivity contribution in [1.82, 2.24) is 9.99 Å². The smallest absolute Gasteiger partial charge is 0.265 e. The first-order valence-electron chi connectivity index (χ1n) is 5.45. The number of carbonyl (C=O) groups is 1. The third-order valence-corrected chi connectivity index (χ3v) is 3.03. The summed E-state index contributed by atoms with van der Waals surface area (Å²) in [7, 11) is 0. The summed E-state index contributed by atoms with van der Waals surface area (Å²) in [6.07, 6.45) is 0. The molecule has 1 aromatic rings. The lowest BCUT2D eigenvalue weighted by Crippen LogP contribution is -2.37. The average Bonchev–Trinajstić information content (AvgIpc) is 2.46. The van der Waals surface area contributed by atoms with E-state index in [1.807, 2.05) is 37.6 Å². The predicted molar refractivity (Wildman–Crippen MR) is 63.8 cm³/mol. The number of rotatable bonds is 2. The van der Waals surface area contributed by atoms with Crippen LogP contribution in [-0.4, -0.2) is 23.7 Å². The molecule has 1 aliphatic rings. The molecule has 0 aliphatic carbocycles. The highest BCUT2D eigenvalue weighted by atomic mass is 16.2. The van der Waals surface area contributed by atoms with E-state index in [1.54, 1.807) is 0 Å². The van der Waals surface area contributed by atoms with Crippen LogP contribution in [0.2, 0.25) is 0 Å². The topological polar surface area (TPSA) is 46.1 Å². The van der Waals surface area contributed by atoms with Gasteiger partial charge in [0.25, 0.3) is 5.91 Å². The lowest BCUT2D eigenvalue weighted by atomic mass is 10.0. The van der Waals surface area contributed by atoms with Gasteiger partial charge >= 0.3 is 0 Å². The number of nitrogens with zero attached hydrogens (tertiary/aromatic N) is 1. The van der Waals surface area contributed by atoms with Crippen LogP contribution in [0.4, 0.5) is 0 Å². The van der Waals surface area contributed by atoms with E-state index in [2.05, 4.69) is 10.7 Å². The fraction of sp³-hybridized carbons (Fsp3) is 0.417. The van der Waals surface area contributed by atoms with Crippen molar-refractivity contribution in [3.05, 3.63) is 34.7 Å². The Labute approximate surface area is 95.3 Å². The van der Waals surface area contributed by atoms with Crippen molar-refractivity contribution >= 4 is 5.91 Å². The highest BCUT2D eigenvalue weighted by Crippen LogP contribution is 2.10. The van der Waals surface area contributed by atoms with Gasteiger partial charge in [0.05, 0.1) is 0 Å². The maximum Gasteiger partial charge on any atom is 0.265 e. The second-order valence-corrected chi connectivity index (χ2v) is 4.22. The van der Waals surface area contributed by atoms with E-state index >= 15 is 0 Å². The highest BCUT2D eigenvalue weighted by molar-refractivity contribution is 5.99. The molecule has 0 atom stereocenters. The molecule has 16 heavy (non-hydrogen) atoms. The Hall–Kier alpha value is -1.55. The van der Waals surface area contributed by atoms with Crippen molar-refractivity contribution in [2.75, 3.05) is 18.5 Å². The fourth-order valence-electron chi connectivity index (χ4n) is 1.71. The van der Waals surface area contributed by atoms with Gasteiger partial charge in [0.1, 0.15) is 0 Å². The molecule has 0 aromatic carbocycles. The van der Waals surface area contributed by atoms with Crippen LogP contribution in [0.3, 0.4) is 0 Å². The van der Waals surface area contributed by atoms with E-state index in [-0.39, 0.29) is 5.91 Å². The van der Waals surface area contributed by atoms with Crippen molar-refractivity contribution in [3.8, 4) is 0 Å². The van der Waals surface area contributed by atoms with Gasteiger partial charge in [-0.3, -0.25) is 14.9 Å². The zero-order valence-corrected chi connectivity index (χ0v) is 9.92. The monoisotopic (exact) mass is 219 g/mol. The second kappa shape index (κ2) is 4.14. The van der Waals surface area contributed by atoms with Crippen LogP contribution >= 0.6 is 0 Å². The summed E-state index contributed by atoms with van der Waals surface area (Å²) in [5.41, 5.74) is 6.99. The van der Waals surface area contributed by atoms with Crippen LogP contribution in [-0.2, 0) is 4.79 Å². The minimum absolute atomic E-state index is 0.0149. The molecule has 4 heteroatoms. The van der Waals surface area contributed by atoms with Gasteiger partial charge in [-0.25, -0.2) is 0 Å². The average molecular weight is 219 g/mol. The molecule has 1 saturated heterocycles. The molecule has 0 bridgehead atoms. The Kier molecular flexibility index (Phi) is 2.83. The molecule has 1 aromatic heterocycles. The Morgan fingerprint density at radius 1 is 1.31 bits per heavy atom. The van der Waals surface area contributed by atoms with Gasteiger partial charge < -0.3 is 5.32 Å². The van der Waals surface area contributed by atoms with Crippen molar-refractivity contribution in [3.63, 3.8) is 0 Å². The maximum absolute atomic E-state index is 11.9. The van der Waals surface area contributed by atoms with Crippen molar-refractivity contribution in [1.29, 1.82) is 0 Å². The largest absolute Gasteiger partial charge is 0.309 e. The predicted octanol–water partition coefficient (Wildman–Crippen LogP) is 1.09. The summed E-state index contributed by atoms with van der Waals surface area (Å²) >= 11 is 0. The molecule has 0 unspecified atom stereocenters. The summed E-state index contributed by atoms with van der Waals surface area (Å²) in [5, 5.41) is 3.13. The molecule has 1 fully saturated rings. The van der Waals surface area contributed by atoms with Crippen molar-refractivity contribution in [2.24, 2.45) is 0 Å². The Balaban J connectivity index is 2.13. The lowest BCUT2D eigenvalue weighted by molar-refractivity contribution is -0.113. The van der Waals surface area contributed by atoms with Crippen LogP contribution in [0.1, 0.15) is 18.3 Å². The maximum atomic E-state index is 11.9. The van der Waals surface area contributed by atoms with Crippen LogP contribution in [0.5, 0.6) is 0 Å². The molecule has 1 aliphatic heterocycles. The van der Waals surface area contributed by atoms with Gasteiger partial charge in [0.2, 0.25) is 0 Å². The molecule has 2 heterocycles. The molecule has 0 spiro atoms. The number of hydrogen-bond acceptors (Lipinski definition) is 2. The lowest BCUT2D eigenvalue weighted by Gasteiger charge is -2.22. The first-order valence-corrected chi connectivity index (χ1v) is 5.45. The van der Waals surface area contributed by atoms with Gasteiger partial charge in [-0.05, 0) is 38.5 Å². The third kappa shape index (κ3) is 1.88. The van der Waals surface area contributed by atoms with Gasteiger partial charge in [0, 0.05) is 30.1 Å². The van der Waals surface area contributed by atoms with E-state index in [9.17, 15) is 4.79 Å². The molecule has 1 amide bonds. The van der Waals surface area contributed by atoms with E-state index < -0.39 is 0 Å². The summed E-state index contributed by atoms with van der Waals surface area (Å²) in [5.74, 6) is -0.0149. The first-order chi connectivity index (χ1) is 7.59. The summed E-state index contributed by atoms with van der Waals surface area (Å²) in [6, 6.07) is 3.98. The molecular formula is C12H17N3O. The van der Waals surface area contributed by atoms with Crippen molar-refractivity contribution in [2.45, 2.75) is 20.8 Å². The standard InChI is InChI=1S/C12H17N3O/c1-8-4-5-9(2)15(8)14-12(16)10(3)11-6-13-7-11/h4-5,13H,6-7H2,1-3H3,(H,14,16). The van der Waals surface area contributed by atoms with E-state index in [0.717, 1.165) is 30.1 Å². The van der Waals surface area contributed by atoms with E-state index in [4.69, 9.17) is 0 Å². The number of hydrogen-bond donors (Lipinski definition) is 2. The second-order valence-electron chi connectivity index (χ2n) is 4.22. The Morgan fingerprint density at radius 3 is 2.31 bits per heavy atom. The van der Waals surface area contributed by atoms with E-state index in [0.29, 0.717) is 0 Å². The Bertz CT molecular complexity index is 431. The van der Waals surface area contributed by atoms with Crippen LogP contribution in [0.25, 0.3) is 0 Å². The minimum Gasteiger partial charge on any atom is -0.309 e. The molecule has 2 N–H and O–H groups in total. The molecule has 86 valence electrons. The number of carbonyl (C=O) groups excluding carboxylic acids is 1.